The Hall–Kier alpha value is -2.81. The molecule has 0 unspecified atom stereocenters. The van der Waals surface area contributed by atoms with Crippen LogP contribution in [0.25, 0.3) is 11.4 Å². The Morgan fingerprint density at radius 1 is 1.12 bits per heavy atom. The molecule has 3 aromatic rings. The molecule has 34 heavy (non-hydrogen) atoms. The molecule has 176 valence electrons. The first-order chi connectivity index (χ1) is 16.2. The number of hydrogen-bond donors (Lipinski definition) is 0. The lowest BCUT2D eigenvalue weighted by Gasteiger charge is -2.26. The zero-order valence-electron chi connectivity index (χ0n) is 18.2. The molecule has 2 aromatic heterocycles. The summed E-state index contributed by atoms with van der Waals surface area (Å²) in [5.41, 5.74) is 1.22. The number of benzene rings is 1. The summed E-state index contributed by atoms with van der Waals surface area (Å²) >= 11 is 3.48. The van der Waals surface area contributed by atoms with Crippen molar-refractivity contribution in [3.05, 3.63) is 76.3 Å². The van der Waals surface area contributed by atoms with Gasteiger partial charge in [0.2, 0.25) is 0 Å². The van der Waals surface area contributed by atoms with E-state index in [2.05, 4.69) is 30.9 Å². The van der Waals surface area contributed by atoms with Gasteiger partial charge in [-0.05, 0) is 73.9 Å². The summed E-state index contributed by atoms with van der Waals surface area (Å²) in [6, 6.07) is 9.74. The average molecular weight is 531 g/mol. The minimum Gasteiger partial charge on any atom is -0.335 e. The third kappa shape index (κ3) is 4.71. The van der Waals surface area contributed by atoms with E-state index in [-0.39, 0.29) is 17.4 Å². The van der Waals surface area contributed by atoms with Gasteiger partial charge in [-0.25, -0.2) is 9.97 Å². The molecule has 0 radical (unpaired) electrons. The highest BCUT2D eigenvalue weighted by Crippen LogP contribution is 2.55. The van der Waals surface area contributed by atoms with Gasteiger partial charge >= 0.3 is 6.18 Å². The highest BCUT2D eigenvalue weighted by atomic mass is 79.9. The van der Waals surface area contributed by atoms with Gasteiger partial charge in [-0.15, -0.1) is 0 Å². The summed E-state index contributed by atoms with van der Waals surface area (Å²) in [5.74, 6) is 0.419. The Bertz CT molecular complexity index is 1200. The Balaban J connectivity index is 1.37. The normalized spacial score (nSPS) is 18.9. The highest BCUT2D eigenvalue weighted by molar-refractivity contribution is 9.10. The standard InChI is InChI=1S/C25H22BrF3N4O/c26-17-3-7-20(22-30-10-1-11-31-22)21(12-17)23(34)33-15-24(8-9-24)13-19(33)6-5-18-4-2-16(14-32-18)25(27,28)29/h1-4,7,10-12,14,19H,5-6,8-9,13,15H2/t19-/m1/s1. The van der Waals surface area contributed by atoms with Gasteiger partial charge in [-0.1, -0.05) is 15.9 Å². The fourth-order valence-electron chi connectivity index (χ4n) is 4.74. The van der Waals surface area contributed by atoms with Crippen molar-refractivity contribution in [3.8, 4) is 11.4 Å². The molecule has 1 aliphatic heterocycles. The van der Waals surface area contributed by atoms with Gasteiger partial charge in [0.25, 0.3) is 5.91 Å². The molecule has 1 aromatic carbocycles. The largest absolute Gasteiger partial charge is 0.417 e. The minimum atomic E-state index is -4.40. The monoisotopic (exact) mass is 530 g/mol. The first-order valence-electron chi connectivity index (χ1n) is 11.1. The zero-order chi connectivity index (χ0) is 23.9. The molecule has 3 heterocycles. The summed E-state index contributed by atoms with van der Waals surface area (Å²) in [6.07, 6.45) is 4.03. The lowest BCUT2D eigenvalue weighted by Crippen LogP contribution is -2.36. The van der Waals surface area contributed by atoms with Crippen molar-refractivity contribution in [2.24, 2.45) is 5.41 Å². The van der Waals surface area contributed by atoms with E-state index in [1.54, 1.807) is 24.5 Å². The maximum absolute atomic E-state index is 13.8. The van der Waals surface area contributed by atoms with E-state index in [1.165, 1.54) is 6.07 Å². The van der Waals surface area contributed by atoms with E-state index >= 15 is 0 Å². The third-order valence-corrected chi connectivity index (χ3v) is 7.23. The molecule has 0 bridgehead atoms. The van der Waals surface area contributed by atoms with E-state index < -0.39 is 11.7 Å². The second kappa shape index (κ2) is 8.76. The van der Waals surface area contributed by atoms with E-state index in [0.29, 0.717) is 42.0 Å². The van der Waals surface area contributed by atoms with E-state index in [1.807, 2.05) is 17.0 Å². The van der Waals surface area contributed by atoms with Crippen LogP contribution in [0.2, 0.25) is 0 Å². The van der Waals surface area contributed by atoms with Crippen LogP contribution in [0.5, 0.6) is 0 Å². The number of likely N-dealkylation sites (tertiary alicyclic amines) is 1. The SMILES string of the molecule is O=C(c1cc(Br)ccc1-c1ncccn1)N1CC2(CC2)C[C@H]1CCc1ccc(C(F)(F)F)cn1. The van der Waals surface area contributed by atoms with Crippen molar-refractivity contribution in [1.82, 2.24) is 19.9 Å². The number of hydrogen-bond acceptors (Lipinski definition) is 4. The molecule has 1 spiro atoms. The van der Waals surface area contributed by atoms with Crippen molar-refractivity contribution in [3.63, 3.8) is 0 Å². The molecular formula is C25H22BrF3N4O. The Labute approximate surface area is 203 Å². The number of aryl methyl sites for hydroxylation is 1. The fourth-order valence-corrected chi connectivity index (χ4v) is 5.10. The summed E-state index contributed by atoms with van der Waals surface area (Å²) in [6.45, 7) is 0.693. The average Bonchev–Trinajstić information content (AvgIpc) is 3.48. The van der Waals surface area contributed by atoms with Crippen LogP contribution in [-0.4, -0.2) is 38.3 Å². The van der Waals surface area contributed by atoms with Crippen molar-refractivity contribution < 1.29 is 18.0 Å². The van der Waals surface area contributed by atoms with E-state index in [4.69, 9.17) is 0 Å². The van der Waals surface area contributed by atoms with Crippen LogP contribution >= 0.6 is 15.9 Å². The smallest absolute Gasteiger partial charge is 0.335 e. The molecule has 1 saturated carbocycles. The highest BCUT2D eigenvalue weighted by Gasteiger charge is 2.53. The van der Waals surface area contributed by atoms with Gasteiger partial charge in [-0.3, -0.25) is 9.78 Å². The summed E-state index contributed by atoms with van der Waals surface area (Å²) in [5, 5.41) is 0. The van der Waals surface area contributed by atoms with Crippen LogP contribution in [-0.2, 0) is 12.6 Å². The predicted octanol–water partition coefficient (Wildman–Crippen LogP) is 5.95. The lowest BCUT2D eigenvalue weighted by molar-refractivity contribution is -0.137. The first-order valence-corrected chi connectivity index (χ1v) is 11.9. The molecule has 2 fully saturated rings. The number of alkyl halides is 3. The summed E-state index contributed by atoms with van der Waals surface area (Å²) in [7, 11) is 0. The molecule has 5 nitrogen and oxygen atoms in total. The Morgan fingerprint density at radius 2 is 1.88 bits per heavy atom. The van der Waals surface area contributed by atoms with Gasteiger partial charge in [0.05, 0.1) is 11.1 Å². The topological polar surface area (TPSA) is 59.0 Å². The van der Waals surface area contributed by atoms with Gasteiger partial charge in [0, 0.05) is 46.9 Å². The van der Waals surface area contributed by atoms with Crippen LogP contribution in [0.15, 0.2) is 59.5 Å². The molecular weight excluding hydrogens is 509 g/mol. The molecule has 9 heteroatoms. The number of nitrogens with zero attached hydrogens (tertiary/aromatic N) is 4. The molecule has 1 amide bonds. The van der Waals surface area contributed by atoms with Crippen molar-refractivity contribution in [1.29, 1.82) is 0 Å². The van der Waals surface area contributed by atoms with Crippen molar-refractivity contribution >= 4 is 21.8 Å². The molecule has 0 N–H and O–H groups in total. The molecule has 2 aliphatic rings. The molecule has 1 atom stereocenters. The van der Waals surface area contributed by atoms with E-state index in [0.717, 1.165) is 36.0 Å². The van der Waals surface area contributed by atoms with Gasteiger partial charge in [0.1, 0.15) is 0 Å². The van der Waals surface area contributed by atoms with Crippen LogP contribution < -0.4 is 0 Å². The van der Waals surface area contributed by atoms with Gasteiger partial charge < -0.3 is 4.90 Å². The second-order valence-corrected chi connectivity index (χ2v) is 10.0. The van der Waals surface area contributed by atoms with Gasteiger partial charge in [-0.2, -0.15) is 13.2 Å². The van der Waals surface area contributed by atoms with Crippen LogP contribution in [0.4, 0.5) is 13.2 Å². The maximum atomic E-state index is 13.8. The number of carbonyl (C=O) groups is 1. The number of aromatic nitrogens is 3. The minimum absolute atomic E-state index is 0.00242. The van der Waals surface area contributed by atoms with E-state index in [9.17, 15) is 18.0 Å². The molecule has 5 rings (SSSR count). The summed E-state index contributed by atoms with van der Waals surface area (Å²) < 4.78 is 39.3. The predicted molar refractivity (Wildman–Crippen MR) is 124 cm³/mol. The zero-order valence-corrected chi connectivity index (χ0v) is 19.8. The second-order valence-electron chi connectivity index (χ2n) is 9.13. The third-order valence-electron chi connectivity index (χ3n) is 6.74. The van der Waals surface area contributed by atoms with Crippen molar-refractivity contribution in [2.75, 3.05) is 6.54 Å². The maximum Gasteiger partial charge on any atom is 0.417 e. The molecule has 1 saturated heterocycles. The van der Waals surface area contributed by atoms with Gasteiger partial charge in [0.15, 0.2) is 5.82 Å². The molecule has 1 aliphatic carbocycles. The number of amides is 1. The lowest BCUT2D eigenvalue weighted by atomic mass is 9.99. The van der Waals surface area contributed by atoms with Crippen LogP contribution in [0, 0.1) is 5.41 Å². The quantitative estimate of drug-likeness (QED) is 0.409. The fraction of sp³-hybridized carbons (Fsp3) is 0.360. The van der Waals surface area contributed by atoms with Crippen LogP contribution in [0.1, 0.15) is 47.3 Å². The number of rotatable bonds is 5. The number of pyridine rings is 1. The Morgan fingerprint density at radius 3 is 2.53 bits per heavy atom. The Kier molecular flexibility index (Phi) is 5.91. The summed E-state index contributed by atoms with van der Waals surface area (Å²) in [4.78, 5) is 28.4. The van der Waals surface area contributed by atoms with Crippen LogP contribution in [0.3, 0.4) is 0 Å². The first kappa shape index (κ1) is 23.0. The number of halogens is 4. The number of carbonyl (C=O) groups excluding carboxylic acids is 1. The van der Waals surface area contributed by atoms with Crippen molar-refractivity contribution in [2.45, 2.75) is 44.3 Å².